The Balaban J connectivity index is 1.51. The summed E-state index contributed by atoms with van der Waals surface area (Å²) in [6.45, 7) is 3.53. The van der Waals surface area contributed by atoms with Gasteiger partial charge in [0.15, 0.2) is 11.7 Å². The van der Waals surface area contributed by atoms with Crippen molar-refractivity contribution >= 4 is 34.4 Å². The number of benzene rings is 2. The normalized spacial score (nSPS) is 14.6. The molecule has 35 heavy (non-hydrogen) atoms. The lowest BCUT2D eigenvalue weighted by atomic mass is 10.0. The predicted octanol–water partition coefficient (Wildman–Crippen LogP) is 3.93. The molecule has 8 heteroatoms. The van der Waals surface area contributed by atoms with Crippen molar-refractivity contribution in [2.45, 2.75) is 44.9 Å². The Kier molecular flexibility index (Phi) is 7.88. The van der Waals surface area contributed by atoms with Gasteiger partial charge < -0.3 is 15.5 Å². The number of hydrogen-bond donors (Lipinski definition) is 2. The fourth-order valence-corrected chi connectivity index (χ4v) is 4.35. The highest BCUT2D eigenvalue weighted by Crippen LogP contribution is 2.29. The van der Waals surface area contributed by atoms with Crippen LogP contribution in [0, 0.1) is 11.3 Å². The van der Waals surface area contributed by atoms with Crippen LogP contribution in [0.2, 0.25) is 0 Å². The predicted molar refractivity (Wildman–Crippen MR) is 136 cm³/mol. The zero-order valence-corrected chi connectivity index (χ0v) is 20.0. The van der Waals surface area contributed by atoms with Crippen molar-refractivity contribution in [1.82, 2.24) is 15.3 Å². The van der Waals surface area contributed by atoms with Crippen LogP contribution < -0.4 is 15.5 Å². The number of anilines is 2. The van der Waals surface area contributed by atoms with Crippen LogP contribution in [0.15, 0.2) is 48.5 Å². The number of carbonyl (C=O) groups is 2. The number of carbonyl (C=O) groups excluding carboxylic acids is 2. The van der Waals surface area contributed by atoms with Crippen LogP contribution in [-0.2, 0) is 16.0 Å². The molecule has 0 bridgehead atoms. The standard InChI is InChI=1S/C27H30N6O2/c1-19(34)30-21-12-10-20(11-13-21)14-15-29-27(35)22(18-28)25-26(33-16-6-2-3-7-17-33)32-24-9-5-4-8-23(24)31-25/h4-5,8-13,22H,2-3,6-7,14-17H2,1H3,(H,29,35)(H,30,34). The lowest BCUT2D eigenvalue weighted by Gasteiger charge is -2.25. The monoisotopic (exact) mass is 470 g/mol. The molecule has 1 unspecified atom stereocenters. The highest BCUT2D eigenvalue weighted by atomic mass is 16.2. The van der Waals surface area contributed by atoms with Crippen LogP contribution in [0.4, 0.5) is 11.5 Å². The molecule has 1 aromatic heterocycles. The molecule has 2 amide bonds. The van der Waals surface area contributed by atoms with Crippen LogP contribution in [0.5, 0.6) is 0 Å². The Labute approximate surface area is 205 Å². The molecule has 1 saturated heterocycles. The van der Waals surface area contributed by atoms with Crippen LogP contribution in [0.25, 0.3) is 11.0 Å². The minimum Gasteiger partial charge on any atom is -0.355 e. The third-order valence-electron chi connectivity index (χ3n) is 6.14. The van der Waals surface area contributed by atoms with Crippen molar-refractivity contribution in [1.29, 1.82) is 5.26 Å². The van der Waals surface area contributed by atoms with Crippen LogP contribution >= 0.6 is 0 Å². The molecule has 180 valence electrons. The molecule has 4 rings (SSSR count). The molecule has 2 heterocycles. The second kappa shape index (κ2) is 11.4. The zero-order valence-electron chi connectivity index (χ0n) is 20.0. The Hall–Kier alpha value is -3.99. The van der Waals surface area contributed by atoms with E-state index in [1.54, 1.807) is 0 Å². The van der Waals surface area contributed by atoms with Crippen molar-refractivity contribution in [2.75, 3.05) is 29.9 Å². The average molecular weight is 471 g/mol. The number of nitrogens with one attached hydrogen (secondary N) is 2. The summed E-state index contributed by atoms with van der Waals surface area (Å²) in [6.07, 6.45) is 5.05. The molecule has 1 aliphatic heterocycles. The molecule has 0 saturated carbocycles. The second-order valence-electron chi connectivity index (χ2n) is 8.80. The van der Waals surface area contributed by atoms with Crippen molar-refractivity contribution in [3.8, 4) is 6.07 Å². The first kappa shape index (κ1) is 24.1. The molecule has 1 fully saturated rings. The largest absolute Gasteiger partial charge is 0.355 e. The molecule has 3 aromatic rings. The molecular weight excluding hydrogens is 440 g/mol. The number of hydrogen-bond acceptors (Lipinski definition) is 6. The fourth-order valence-electron chi connectivity index (χ4n) is 4.35. The van der Waals surface area contributed by atoms with E-state index in [0.29, 0.717) is 30.0 Å². The van der Waals surface area contributed by atoms with Crippen molar-refractivity contribution in [2.24, 2.45) is 0 Å². The summed E-state index contributed by atoms with van der Waals surface area (Å²) in [5.41, 5.74) is 3.60. The topological polar surface area (TPSA) is 111 Å². The summed E-state index contributed by atoms with van der Waals surface area (Å²) < 4.78 is 0. The second-order valence-corrected chi connectivity index (χ2v) is 8.80. The lowest BCUT2D eigenvalue weighted by Crippen LogP contribution is -2.33. The number of para-hydroxylation sites is 2. The van der Waals surface area contributed by atoms with Gasteiger partial charge in [0.1, 0.15) is 5.69 Å². The van der Waals surface area contributed by atoms with Gasteiger partial charge in [0, 0.05) is 32.2 Å². The third kappa shape index (κ3) is 6.12. The molecule has 0 radical (unpaired) electrons. The van der Waals surface area contributed by atoms with Crippen molar-refractivity contribution in [3.63, 3.8) is 0 Å². The van der Waals surface area contributed by atoms with Gasteiger partial charge in [-0.05, 0) is 49.1 Å². The van der Waals surface area contributed by atoms with E-state index in [-0.39, 0.29) is 11.8 Å². The maximum absolute atomic E-state index is 13.1. The highest BCUT2D eigenvalue weighted by Gasteiger charge is 2.29. The number of fused-ring (bicyclic) bond motifs is 1. The van der Waals surface area contributed by atoms with E-state index in [0.717, 1.165) is 42.7 Å². The Morgan fingerprint density at radius 3 is 2.29 bits per heavy atom. The molecule has 1 atom stereocenters. The maximum atomic E-state index is 13.1. The smallest absolute Gasteiger partial charge is 0.243 e. The van der Waals surface area contributed by atoms with Crippen LogP contribution in [-0.4, -0.2) is 41.4 Å². The van der Waals surface area contributed by atoms with Crippen molar-refractivity contribution in [3.05, 3.63) is 59.8 Å². The first-order chi connectivity index (χ1) is 17.0. The van der Waals surface area contributed by atoms with Gasteiger partial charge >= 0.3 is 0 Å². The van der Waals surface area contributed by atoms with E-state index in [4.69, 9.17) is 9.97 Å². The van der Waals surface area contributed by atoms with E-state index in [2.05, 4.69) is 21.6 Å². The number of nitriles is 1. The molecular formula is C27H30N6O2. The van der Waals surface area contributed by atoms with E-state index in [1.165, 1.54) is 19.8 Å². The Bertz CT molecular complexity index is 1230. The van der Waals surface area contributed by atoms with Gasteiger partial charge in [0.05, 0.1) is 17.1 Å². The maximum Gasteiger partial charge on any atom is 0.243 e. The minimum atomic E-state index is -1.05. The summed E-state index contributed by atoms with van der Waals surface area (Å²) in [5, 5.41) is 15.6. The minimum absolute atomic E-state index is 0.121. The molecule has 2 aromatic carbocycles. The SMILES string of the molecule is CC(=O)Nc1ccc(CCNC(=O)C(C#N)c2nc3ccccc3nc2N2CCCCCC2)cc1. The Morgan fingerprint density at radius 2 is 1.66 bits per heavy atom. The van der Waals surface area contributed by atoms with E-state index in [1.807, 2.05) is 48.5 Å². The fraction of sp³-hybridized carbons (Fsp3) is 0.370. The first-order valence-corrected chi connectivity index (χ1v) is 12.1. The number of aromatic nitrogens is 2. The van der Waals surface area contributed by atoms with Gasteiger partial charge in [-0.15, -0.1) is 0 Å². The average Bonchev–Trinajstić information content (AvgIpc) is 3.14. The highest BCUT2D eigenvalue weighted by molar-refractivity contribution is 5.89. The van der Waals surface area contributed by atoms with Gasteiger partial charge in [-0.1, -0.05) is 37.1 Å². The van der Waals surface area contributed by atoms with Gasteiger partial charge in [0.25, 0.3) is 0 Å². The molecule has 0 spiro atoms. The molecule has 0 aliphatic carbocycles. The summed E-state index contributed by atoms with van der Waals surface area (Å²) in [6, 6.07) is 17.2. The van der Waals surface area contributed by atoms with Crippen LogP contribution in [0.3, 0.4) is 0 Å². The Morgan fingerprint density at radius 1 is 1.00 bits per heavy atom. The quantitative estimate of drug-likeness (QED) is 0.541. The lowest BCUT2D eigenvalue weighted by molar-refractivity contribution is -0.121. The summed E-state index contributed by atoms with van der Waals surface area (Å²) in [4.78, 5) is 36.1. The summed E-state index contributed by atoms with van der Waals surface area (Å²) >= 11 is 0. The molecule has 2 N–H and O–H groups in total. The van der Waals surface area contributed by atoms with E-state index >= 15 is 0 Å². The summed E-state index contributed by atoms with van der Waals surface area (Å²) in [5.74, 6) is -0.903. The van der Waals surface area contributed by atoms with Gasteiger partial charge in [-0.25, -0.2) is 9.97 Å². The zero-order chi connectivity index (χ0) is 24.6. The van der Waals surface area contributed by atoms with Gasteiger partial charge in [-0.3, -0.25) is 9.59 Å². The summed E-state index contributed by atoms with van der Waals surface area (Å²) in [7, 11) is 0. The van der Waals surface area contributed by atoms with Crippen molar-refractivity contribution < 1.29 is 9.59 Å². The number of rotatable bonds is 7. The molecule has 8 nitrogen and oxygen atoms in total. The third-order valence-corrected chi connectivity index (χ3v) is 6.14. The van der Waals surface area contributed by atoms with E-state index in [9.17, 15) is 14.9 Å². The van der Waals surface area contributed by atoms with E-state index < -0.39 is 5.92 Å². The molecule has 1 aliphatic rings. The number of nitrogens with zero attached hydrogens (tertiary/aromatic N) is 4. The first-order valence-electron chi connectivity index (χ1n) is 12.1. The van der Waals surface area contributed by atoms with Gasteiger partial charge in [-0.2, -0.15) is 5.26 Å². The van der Waals surface area contributed by atoms with Gasteiger partial charge in [0.2, 0.25) is 11.8 Å². The van der Waals surface area contributed by atoms with Crippen LogP contribution in [0.1, 0.15) is 49.8 Å². The number of amides is 2.